The lowest BCUT2D eigenvalue weighted by atomic mass is 10.0. The largest absolute Gasteiger partial charge is 0.423 e. The van der Waals surface area contributed by atoms with E-state index < -0.39 is 0 Å². The normalized spacial score (nSPS) is 21.9. The summed E-state index contributed by atoms with van der Waals surface area (Å²) in [6, 6.07) is 6.53. The number of aromatic nitrogens is 2. The summed E-state index contributed by atoms with van der Waals surface area (Å²) in [6.07, 6.45) is 2.15. The van der Waals surface area contributed by atoms with E-state index in [4.69, 9.17) is 9.15 Å². The highest BCUT2D eigenvalue weighted by Gasteiger charge is 2.24. The fraction of sp³-hybridized carbons (Fsp3) is 0.600. The fourth-order valence-corrected chi connectivity index (χ4v) is 4.06. The Kier molecular flexibility index (Phi) is 5.22. The number of hydrogen-bond donors (Lipinski definition) is 0. The monoisotopic (exact) mass is 356 g/mol. The maximum Gasteiger partial charge on any atom is 0.230 e. The van der Waals surface area contributed by atoms with Gasteiger partial charge in [0.15, 0.2) is 0 Å². The van der Waals surface area contributed by atoms with Gasteiger partial charge in [0.05, 0.1) is 19.1 Å². The van der Waals surface area contributed by atoms with Crippen LogP contribution < -0.4 is 4.90 Å². The molecule has 2 saturated heterocycles. The fourth-order valence-electron chi connectivity index (χ4n) is 4.06. The quantitative estimate of drug-likeness (QED) is 0.840. The molecule has 2 aliphatic rings. The van der Waals surface area contributed by atoms with Crippen molar-refractivity contribution in [3.8, 4) is 0 Å². The Bertz CT molecular complexity index is 711. The van der Waals surface area contributed by atoms with Crippen LogP contribution in [0.5, 0.6) is 0 Å². The molecule has 6 nitrogen and oxygen atoms in total. The van der Waals surface area contributed by atoms with Gasteiger partial charge < -0.3 is 14.1 Å². The number of ether oxygens (including phenoxy) is 1. The van der Waals surface area contributed by atoms with Gasteiger partial charge in [0.1, 0.15) is 0 Å². The molecule has 1 atom stereocenters. The van der Waals surface area contributed by atoms with Crippen molar-refractivity contribution in [3.05, 3.63) is 41.1 Å². The van der Waals surface area contributed by atoms with Crippen molar-refractivity contribution in [2.24, 2.45) is 0 Å². The first-order valence-electron chi connectivity index (χ1n) is 9.64. The van der Waals surface area contributed by atoms with Crippen LogP contribution in [0.3, 0.4) is 0 Å². The number of hydrogen-bond acceptors (Lipinski definition) is 6. The number of nitrogens with zero attached hydrogens (tertiary/aromatic N) is 4. The minimum absolute atomic E-state index is 0.269. The third kappa shape index (κ3) is 3.76. The van der Waals surface area contributed by atoms with Crippen molar-refractivity contribution in [1.29, 1.82) is 0 Å². The van der Waals surface area contributed by atoms with Crippen molar-refractivity contribution in [2.45, 2.75) is 39.2 Å². The Morgan fingerprint density at radius 2 is 1.85 bits per heavy atom. The third-order valence-electron chi connectivity index (χ3n) is 5.48. The van der Waals surface area contributed by atoms with Gasteiger partial charge in [-0.15, -0.1) is 10.2 Å². The summed E-state index contributed by atoms with van der Waals surface area (Å²) in [5.74, 6) is 1.74. The summed E-state index contributed by atoms with van der Waals surface area (Å²) in [4.78, 5) is 4.90. The highest BCUT2D eigenvalue weighted by molar-refractivity contribution is 5.59. The first-order chi connectivity index (χ1) is 12.7. The van der Waals surface area contributed by atoms with Crippen molar-refractivity contribution in [1.82, 2.24) is 15.1 Å². The molecule has 0 radical (unpaired) electrons. The summed E-state index contributed by atoms with van der Waals surface area (Å²) < 4.78 is 11.4. The first kappa shape index (κ1) is 17.5. The van der Waals surface area contributed by atoms with E-state index >= 15 is 0 Å². The molecule has 140 valence electrons. The highest BCUT2D eigenvalue weighted by Crippen LogP contribution is 2.27. The van der Waals surface area contributed by atoms with E-state index in [0.29, 0.717) is 6.61 Å². The van der Waals surface area contributed by atoms with Crippen LogP contribution in [0, 0.1) is 13.8 Å². The predicted octanol–water partition coefficient (Wildman–Crippen LogP) is 2.90. The van der Waals surface area contributed by atoms with Crippen LogP contribution in [0.15, 0.2) is 22.6 Å². The smallest absolute Gasteiger partial charge is 0.230 e. The van der Waals surface area contributed by atoms with Gasteiger partial charge in [0.25, 0.3) is 0 Å². The Morgan fingerprint density at radius 3 is 2.54 bits per heavy atom. The van der Waals surface area contributed by atoms with Crippen LogP contribution >= 0.6 is 0 Å². The van der Waals surface area contributed by atoms with Crippen LogP contribution in [0.25, 0.3) is 0 Å². The van der Waals surface area contributed by atoms with Crippen molar-refractivity contribution in [3.63, 3.8) is 0 Å². The lowest BCUT2D eigenvalue weighted by Gasteiger charge is -2.37. The van der Waals surface area contributed by atoms with E-state index in [-0.39, 0.29) is 5.92 Å². The van der Waals surface area contributed by atoms with E-state index in [0.717, 1.165) is 64.0 Å². The molecular formula is C20H28N4O2. The standard InChI is InChI=1S/C20H28N4O2/c1-15-5-3-6-16(2)19(15)24-10-8-23(9-11-24)13-18-21-22-20(26-18)17-7-4-12-25-14-17/h3,5-6,17H,4,7-14H2,1-2H3. The van der Waals surface area contributed by atoms with Crippen molar-refractivity contribution >= 4 is 5.69 Å². The van der Waals surface area contributed by atoms with Gasteiger partial charge in [0.2, 0.25) is 11.8 Å². The van der Waals surface area contributed by atoms with E-state index in [1.54, 1.807) is 0 Å². The molecule has 0 amide bonds. The molecule has 0 bridgehead atoms. The molecule has 1 aromatic carbocycles. The average molecular weight is 356 g/mol. The molecule has 0 N–H and O–H groups in total. The van der Waals surface area contributed by atoms with Crippen LogP contribution in [-0.2, 0) is 11.3 Å². The molecular weight excluding hydrogens is 328 g/mol. The number of piperazine rings is 1. The summed E-state index contributed by atoms with van der Waals surface area (Å²) in [5, 5.41) is 8.52. The zero-order valence-corrected chi connectivity index (χ0v) is 15.8. The molecule has 3 heterocycles. The Labute approximate surface area is 155 Å². The number of benzene rings is 1. The maximum atomic E-state index is 5.92. The molecule has 1 unspecified atom stereocenters. The number of aryl methyl sites for hydroxylation is 2. The molecule has 2 fully saturated rings. The topological polar surface area (TPSA) is 54.6 Å². The van der Waals surface area contributed by atoms with Crippen LogP contribution in [0.1, 0.15) is 41.7 Å². The zero-order valence-electron chi connectivity index (χ0n) is 15.8. The summed E-state index contributed by atoms with van der Waals surface area (Å²) in [7, 11) is 0. The summed E-state index contributed by atoms with van der Waals surface area (Å²) in [5.41, 5.74) is 4.11. The SMILES string of the molecule is Cc1cccc(C)c1N1CCN(Cc2nnc(C3CCCOC3)o2)CC1. The molecule has 0 spiro atoms. The van der Waals surface area contributed by atoms with Gasteiger partial charge >= 0.3 is 0 Å². The van der Waals surface area contributed by atoms with E-state index in [2.05, 4.69) is 52.0 Å². The Balaban J connectivity index is 1.33. The lowest BCUT2D eigenvalue weighted by molar-refractivity contribution is 0.0717. The zero-order chi connectivity index (χ0) is 17.9. The Hall–Kier alpha value is -1.92. The number of para-hydroxylation sites is 1. The first-order valence-corrected chi connectivity index (χ1v) is 9.64. The molecule has 1 aromatic heterocycles. The minimum atomic E-state index is 0.269. The molecule has 2 aliphatic heterocycles. The third-order valence-corrected chi connectivity index (χ3v) is 5.48. The minimum Gasteiger partial charge on any atom is -0.423 e. The molecule has 2 aromatic rings. The lowest BCUT2D eigenvalue weighted by Crippen LogP contribution is -2.46. The molecule has 26 heavy (non-hydrogen) atoms. The van der Waals surface area contributed by atoms with Gasteiger partial charge in [-0.05, 0) is 37.8 Å². The van der Waals surface area contributed by atoms with Crippen LogP contribution in [-0.4, -0.2) is 54.5 Å². The maximum absolute atomic E-state index is 5.92. The van der Waals surface area contributed by atoms with Crippen molar-refractivity contribution in [2.75, 3.05) is 44.3 Å². The molecule has 6 heteroatoms. The van der Waals surface area contributed by atoms with Crippen LogP contribution in [0.2, 0.25) is 0 Å². The second-order valence-electron chi connectivity index (χ2n) is 7.45. The van der Waals surface area contributed by atoms with Gasteiger partial charge in [0, 0.05) is 38.5 Å². The van der Waals surface area contributed by atoms with Crippen LogP contribution in [0.4, 0.5) is 5.69 Å². The predicted molar refractivity (Wildman–Crippen MR) is 100 cm³/mol. The Morgan fingerprint density at radius 1 is 1.08 bits per heavy atom. The second kappa shape index (κ2) is 7.76. The van der Waals surface area contributed by atoms with Gasteiger partial charge in [-0.3, -0.25) is 4.90 Å². The van der Waals surface area contributed by atoms with Gasteiger partial charge in [-0.2, -0.15) is 0 Å². The number of anilines is 1. The highest BCUT2D eigenvalue weighted by atomic mass is 16.5. The van der Waals surface area contributed by atoms with Crippen molar-refractivity contribution < 1.29 is 9.15 Å². The second-order valence-corrected chi connectivity index (χ2v) is 7.45. The average Bonchev–Trinajstić information content (AvgIpc) is 3.12. The van der Waals surface area contributed by atoms with E-state index in [1.165, 1.54) is 16.8 Å². The van der Waals surface area contributed by atoms with E-state index in [1.807, 2.05) is 0 Å². The number of rotatable bonds is 4. The van der Waals surface area contributed by atoms with Gasteiger partial charge in [-0.25, -0.2) is 0 Å². The molecule has 0 aliphatic carbocycles. The van der Waals surface area contributed by atoms with E-state index in [9.17, 15) is 0 Å². The van der Waals surface area contributed by atoms with Gasteiger partial charge in [-0.1, -0.05) is 18.2 Å². The summed E-state index contributed by atoms with van der Waals surface area (Å²) >= 11 is 0. The molecule has 4 rings (SSSR count). The summed E-state index contributed by atoms with van der Waals surface area (Å²) in [6.45, 7) is 10.8. The molecule has 0 saturated carbocycles.